The fourth-order valence-electron chi connectivity index (χ4n) is 2.98. The van der Waals surface area contributed by atoms with Gasteiger partial charge in [0.25, 0.3) is 0 Å². The zero-order valence-corrected chi connectivity index (χ0v) is 12.6. The van der Waals surface area contributed by atoms with Crippen LogP contribution in [0.3, 0.4) is 0 Å². The molecule has 0 spiro atoms. The Hall–Kier alpha value is -1.22. The number of anilines is 1. The summed E-state index contributed by atoms with van der Waals surface area (Å²) in [7, 11) is 3.76. The first-order chi connectivity index (χ1) is 9.06. The number of benzene rings is 1. The molecule has 1 atom stereocenters. The maximum atomic E-state index is 5.35. The Labute approximate surface area is 116 Å². The van der Waals surface area contributed by atoms with E-state index in [1.807, 2.05) is 13.1 Å². The van der Waals surface area contributed by atoms with Crippen molar-refractivity contribution < 1.29 is 4.74 Å². The van der Waals surface area contributed by atoms with E-state index in [9.17, 15) is 0 Å². The lowest BCUT2D eigenvalue weighted by atomic mass is 9.84. The first-order valence-electron chi connectivity index (χ1n) is 7.13. The van der Waals surface area contributed by atoms with Gasteiger partial charge in [-0.25, -0.2) is 0 Å². The zero-order valence-electron chi connectivity index (χ0n) is 12.6. The summed E-state index contributed by atoms with van der Waals surface area (Å²) >= 11 is 0. The summed E-state index contributed by atoms with van der Waals surface area (Å²) < 4.78 is 5.35. The number of hydrogen-bond acceptors (Lipinski definition) is 3. The molecule has 106 valence electrons. The molecule has 1 saturated heterocycles. The van der Waals surface area contributed by atoms with Gasteiger partial charge in [-0.3, -0.25) is 0 Å². The van der Waals surface area contributed by atoms with Crippen LogP contribution in [0.5, 0.6) is 5.75 Å². The highest BCUT2D eigenvalue weighted by Gasteiger charge is 2.34. The molecule has 1 aromatic carbocycles. The third-order valence-corrected chi connectivity index (χ3v) is 4.19. The Morgan fingerprint density at radius 2 is 2.21 bits per heavy atom. The van der Waals surface area contributed by atoms with Crippen LogP contribution < -0.4 is 15.0 Å². The Kier molecular flexibility index (Phi) is 4.35. The van der Waals surface area contributed by atoms with Crippen molar-refractivity contribution in [1.82, 2.24) is 5.32 Å². The number of nitrogens with one attached hydrogen (secondary N) is 1. The Morgan fingerprint density at radius 3 is 2.89 bits per heavy atom. The summed E-state index contributed by atoms with van der Waals surface area (Å²) in [5, 5.41) is 3.31. The number of nitrogens with zero attached hydrogens (tertiary/aromatic N) is 1. The average Bonchev–Trinajstić information content (AvgIpc) is 2.41. The van der Waals surface area contributed by atoms with Crippen LogP contribution in [0.25, 0.3) is 0 Å². The first kappa shape index (κ1) is 14.2. The summed E-state index contributed by atoms with van der Waals surface area (Å²) in [6.07, 6.45) is 2.53. The smallest absolute Gasteiger partial charge is 0.120 e. The van der Waals surface area contributed by atoms with Crippen molar-refractivity contribution in [2.75, 3.05) is 32.1 Å². The first-order valence-corrected chi connectivity index (χ1v) is 7.13. The van der Waals surface area contributed by atoms with E-state index < -0.39 is 0 Å². The number of rotatable bonds is 4. The fourth-order valence-corrected chi connectivity index (χ4v) is 2.98. The van der Waals surface area contributed by atoms with Gasteiger partial charge in [-0.2, -0.15) is 0 Å². The molecule has 1 unspecified atom stereocenters. The second-order valence-corrected chi connectivity index (χ2v) is 6.09. The molecular weight excluding hydrogens is 236 g/mol. The lowest BCUT2D eigenvalue weighted by Crippen LogP contribution is -2.52. The van der Waals surface area contributed by atoms with Crippen molar-refractivity contribution >= 4 is 5.69 Å². The van der Waals surface area contributed by atoms with Crippen LogP contribution in [0, 0.1) is 5.92 Å². The molecule has 2 rings (SSSR count). The Morgan fingerprint density at radius 1 is 1.42 bits per heavy atom. The Balaban J connectivity index is 2.22. The fraction of sp³-hybridized carbons (Fsp3) is 0.625. The van der Waals surface area contributed by atoms with E-state index in [4.69, 9.17) is 4.74 Å². The molecule has 0 radical (unpaired) electrons. The lowest BCUT2D eigenvalue weighted by Gasteiger charge is -2.47. The minimum Gasteiger partial charge on any atom is -0.497 e. The van der Waals surface area contributed by atoms with Gasteiger partial charge in [0.2, 0.25) is 0 Å². The van der Waals surface area contributed by atoms with Crippen LogP contribution in [-0.4, -0.2) is 32.8 Å². The summed E-state index contributed by atoms with van der Waals surface area (Å²) in [6, 6.07) is 8.41. The number of methoxy groups -OCH3 is 1. The molecule has 1 fully saturated rings. The standard InChI is InChI=1S/C16H26N2O/c1-16(2)9-8-13(11-17-3)12-18(16)14-6-5-7-15(10-14)19-4/h5-7,10,13,17H,8-9,11-12H2,1-4H3. The van der Waals surface area contributed by atoms with Gasteiger partial charge < -0.3 is 15.0 Å². The molecule has 1 aliphatic rings. The predicted molar refractivity (Wildman–Crippen MR) is 81.1 cm³/mol. The highest BCUT2D eigenvalue weighted by Crippen LogP contribution is 2.35. The molecule has 0 saturated carbocycles. The van der Waals surface area contributed by atoms with Crippen LogP contribution in [0.2, 0.25) is 0 Å². The topological polar surface area (TPSA) is 24.5 Å². The molecule has 0 aromatic heterocycles. The lowest BCUT2D eigenvalue weighted by molar-refractivity contribution is 0.286. The molecule has 1 N–H and O–H groups in total. The highest BCUT2D eigenvalue weighted by molar-refractivity contribution is 5.53. The molecule has 1 aromatic rings. The second-order valence-electron chi connectivity index (χ2n) is 6.09. The van der Waals surface area contributed by atoms with Crippen molar-refractivity contribution in [2.45, 2.75) is 32.2 Å². The molecule has 0 amide bonds. The molecule has 1 aliphatic heterocycles. The van der Waals surface area contributed by atoms with Crippen molar-refractivity contribution in [1.29, 1.82) is 0 Å². The van der Waals surface area contributed by atoms with E-state index in [2.05, 4.69) is 42.3 Å². The maximum Gasteiger partial charge on any atom is 0.120 e. The summed E-state index contributed by atoms with van der Waals surface area (Å²) in [4.78, 5) is 2.53. The van der Waals surface area contributed by atoms with Gasteiger partial charge >= 0.3 is 0 Å². The van der Waals surface area contributed by atoms with E-state index in [0.717, 1.165) is 24.8 Å². The Bertz CT molecular complexity index is 417. The quantitative estimate of drug-likeness (QED) is 0.903. The van der Waals surface area contributed by atoms with Gasteiger partial charge in [-0.1, -0.05) is 6.07 Å². The number of hydrogen-bond donors (Lipinski definition) is 1. The SMILES string of the molecule is CNCC1CCC(C)(C)N(c2cccc(OC)c2)C1. The van der Waals surface area contributed by atoms with Gasteiger partial charge in [0, 0.05) is 23.8 Å². The highest BCUT2D eigenvalue weighted by atomic mass is 16.5. The van der Waals surface area contributed by atoms with E-state index in [1.54, 1.807) is 7.11 Å². The van der Waals surface area contributed by atoms with E-state index in [-0.39, 0.29) is 5.54 Å². The van der Waals surface area contributed by atoms with Crippen LogP contribution in [0.4, 0.5) is 5.69 Å². The molecule has 3 heteroatoms. The van der Waals surface area contributed by atoms with Crippen LogP contribution >= 0.6 is 0 Å². The van der Waals surface area contributed by atoms with Crippen molar-refractivity contribution in [3.05, 3.63) is 24.3 Å². The van der Waals surface area contributed by atoms with Gasteiger partial charge in [0.05, 0.1) is 7.11 Å². The zero-order chi connectivity index (χ0) is 13.9. The summed E-state index contributed by atoms with van der Waals surface area (Å²) in [5.74, 6) is 1.66. The van der Waals surface area contributed by atoms with E-state index in [0.29, 0.717) is 0 Å². The van der Waals surface area contributed by atoms with Crippen LogP contribution in [-0.2, 0) is 0 Å². The van der Waals surface area contributed by atoms with Gasteiger partial charge in [-0.15, -0.1) is 0 Å². The predicted octanol–water partition coefficient (Wildman–Crippen LogP) is 2.91. The van der Waals surface area contributed by atoms with Crippen molar-refractivity contribution in [3.8, 4) is 5.75 Å². The maximum absolute atomic E-state index is 5.35. The molecule has 0 bridgehead atoms. The van der Waals surface area contributed by atoms with Gasteiger partial charge in [-0.05, 0) is 58.3 Å². The number of piperidine rings is 1. The van der Waals surface area contributed by atoms with Crippen molar-refractivity contribution in [2.24, 2.45) is 5.92 Å². The molecular formula is C16H26N2O. The summed E-state index contributed by atoms with van der Waals surface area (Å²) in [5.41, 5.74) is 1.49. The third kappa shape index (κ3) is 3.21. The number of ether oxygens (including phenoxy) is 1. The van der Waals surface area contributed by atoms with Gasteiger partial charge in [0.1, 0.15) is 5.75 Å². The van der Waals surface area contributed by atoms with Crippen LogP contribution in [0.1, 0.15) is 26.7 Å². The largest absolute Gasteiger partial charge is 0.497 e. The minimum atomic E-state index is 0.219. The van der Waals surface area contributed by atoms with Gasteiger partial charge in [0.15, 0.2) is 0 Å². The second kappa shape index (κ2) is 5.83. The molecule has 19 heavy (non-hydrogen) atoms. The molecule has 3 nitrogen and oxygen atoms in total. The molecule has 1 heterocycles. The third-order valence-electron chi connectivity index (χ3n) is 4.19. The van der Waals surface area contributed by atoms with E-state index >= 15 is 0 Å². The van der Waals surface area contributed by atoms with Crippen molar-refractivity contribution in [3.63, 3.8) is 0 Å². The monoisotopic (exact) mass is 262 g/mol. The molecule has 0 aliphatic carbocycles. The normalized spacial score (nSPS) is 22.3. The van der Waals surface area contributed by atoms with Crippen LogP contribution in [0.15, 0.2) is 24.3 Å². The average molecular weight is 262 g/mol. The van der Waals surface area contributed by atoms with E-state index in [1.165, 1.54) is 18.5 Å². The summed E-state index contributed by atoms with van der Waals surface area (Å²) in [6.45, 7) is 6.88. The minimum absolute atomic E-state index is 0.219.